The van der Waals surface area contributed by atoms with Gasteiger partial charge in [-0.3, -0.25) is 0 Å². The van der Waals surface area contributed by atoms with Gasteiger partial charge in [-0.1, -0.05) is 12.1 Å². The summed E-state index contributed by atoms with van der Waals surface area (Å²) in [5.74, 6) is 0. The van der Waals surface area contributed by atoms with Gasteiger partial charge in [-0.15, -0.1) is 0 Å². The van der Waals surface area contributed by atoms with Crippen molar-refractivity contribution in [3.63, 3.8) is 0 Å². The molecule has 0 aliphatic carbocycles. The van der Waals surface area contributed by atoms with Crippen LogP contribution in [0.2, 0.25) is 0 Å². The number of carbonyl (C=O) groups is 1. The molecule has 3 nitrogen and oxygen atoms in total. The van der Waals surface area contributed by atoms with Crippen molar-refractivity contribution in [2.75, 3.05) is 0 Å². The molecule has 0 saturated carbocycles. The molecule has 0 radical (unpaired) electrons. The number of aldehydes is 1. The largest absolute Gasteiger partial charge is 0.323 e. The van der Waals surface area contributed by atoms with Crippen LogP contribution in [0.5, 0.6) is 0 Å². The van der Waals surface area contributed by atoms with E-state index in [4.69, 9.17) is 0 Å². The molecule has 2 aromatic rings. The lowest BCUT2D eigenvalue weighted by Crippen LogP contribution is -1.95. The summed E-state index contributed by atoms with van der Waals surface area (Å²) in [6, 6.07) is 7.74. The number of hydrogen-bond donors (Lipinski definition) is 0. The molecule has 0 saturated heterocycles. The average molecular weight is 160 g/mol. The summed E-state index contributed by atoms with van der Waals surface area (Å²) in [7, 11) is 0. The maximum absolute atomic E-state index is 10.3. The Balaban J connectivity index is 2.62. The number of rotatable bonds is 2. The Morgan fingerprint density at radius 1 is 1.42 bits per heavy atom. The summed E-state index contributed by atoms with van der Waals surface area (Å²) in [5.41, 5.74) is 1.93. The molecule has 0 amide bonds. The van der Waals surface area contributed by atoms with E-state index in [-0.39, 0.29) is 0 Å². The maximum atomic E-state index is 10.3. The lowest BCUT2D eigenvalue weighted by Gasteiger charge is -1.95. The lowest BCUT2D eigenvalue weighted by molar-refractivity contribution is -0.108. The maximum Gasteiger partial charge on any atom is 0.139 e. The number of carbonyl (C=O) groups excluding carboxylic acids is 1. The van der Waals surface area contributed by atoms with Crippen LogP contribution in [0.3, 0.4) is 0 Å². The van der Waals surface area contributed by atoms with Gasteiger partial charge < -0.3 is 9.36 Å². The Kier molecular flexibility index (Phi) is 1.63. The normalized spacial score (nSPS) is 10.3. The molecule has 0 unspecified atom stereocenters. The highest BCUT2D eigenvalue weighted by atomic mass is 16.1. The van der Waals surface area contributed by atoms with Crippen LogP contribution in [-0.4, -0.2) is 15.8 Å². The molecule has 0 atom stereocenters. The summed E-state index contributed by atoms with van der Waals surface area (Å²) >= 11 is 0. The lowest BCUT2D eigenvalue weighted by atomic mass is 10.3. The number of imidazole rings is 1. The zero-order valence-electron chi connectivity index (χ0n) is 6.47. The second-order valence-electron chi connectivity index (χ2n) is 2.55. The Morgan fingerprint density at radius 2 is 2.25 bits per heavy atom. The predicted molar refractivity (Wildman–Crippen MR) is 45.8 cm³/mol. The minimum Gasteiger partial charge on any atom is -0.323 e. The zero-order valence-corrected chi connectivity index (χ0v) is 6.47. The van der Waals surface area contributed by atoms with Crippen molar-refractivity contribution in [1.29, 1.82) is 0 Å². The van der Waals surface area contributed by atoms with Gasteiger partial charge in [0.1, 0.15) is 6.29 Å². The zero-order chi connectivity index (χ0) is 8.39. The first-order valence-electron chi connectivity index (χ1n) is 3.75. The van der Waals surface area contributed by atoms with Crippen molar-refractivity contribution in [2.45, 2.75) is 6.54 Å². The first-order valence-corrected chi connectivity index (χ1v) is 3.75. The Hall–Kier alpha value is -1.64. The molecule has 0 spiro atoms. The van der Waals surface area contributed by atoms with Gasteiger partial charge in [0.2, 0.25) is 0 Å². The standard InChI is InChI=1S/C9H8N2O/c12-6-5-11-7-10-8-3-1-2-4-9(8)11/h1-4,6-7H,5H2. The van der Waals surface area contributed by atoms with Crippen LogP contribution in [0.1, 0.15) is 0 Å². The fourth-order valence-electron chi connectivity index (χ4n) is 1.24. The highest BCUT2D eigenvalue weighted by Crippen LogP contribution is 2.10. The van der Waals surface area contributed by atoms with Gasteiger partial charge in [0.15, 0.2) is 0 Å². The minimum atomic E-state index is 0.376. The molecule has 1 heterocycles. The van der Waals surface area contributed by atoms with Crippen LogP contribution in [0.25, 0.3) is 11.0 Å². The van der Waals surface area contributed by atoms with Gasteiger partial charge in [0.25, 0.3) is 0 Å². The van der Waals surface area contributed by atoms with E-state index in [0.29, 0.717) is 6.54 Å². The molecule has 60 valence electrons. The molecule has 12 heavy (non-hydrogen) atoms. The predicted octanol–water partition coefficient (Wildman–Crippen LogP) is 1.24. The molecular formula is C9H8N2O. The van der Waals surface area contributed by atoms with Crippen molar-refractivity contribution >= 4 is 17.3 Å². The molecule has 1 aromatic carbocycles. The Labute approximate surface area is 69.6 Å². The number of benzene rings is 1. The van der Waals surface area contributed by atoms with E-state index >= 15 is 0 Å². The van der Waals surface area contributed by atoms with E-state index in [2.05, 4.69) is 4.98 Å². The monoisotopic (exact) mass is 160 g/mol. The second-order valence-corrected chi connectivity index (χ2v) is 2.55. The molecule has 0 fully saturated rings. The van der Waals surface area contributed by atoms with Crippen molar-refractivity contribution in [2.24, 2.45) is 0 Å². The molecule has 1 aromatic heterocycles. The van der Waals surface area contributed by atoms with Gasteiger partial charge in [0, 0.05) is 0 Å². The van der Waals surface area contributed by atoms with Crippen LogP contribution in [-0.2, 0) is 11.3 Å². The number of hydrogen-bond acceptors (Lipinski definition) is 2. The Morgan fingerprint density at radius 3 is 3.08 bits per heavy atom. The van der Waals surface area contributed by atoms with Crippen molar-refractivity contribution in [3.05, 3.63) is 30.6 Å². The number of para-hydroxylation sites is 2. The Bertz CT molecular complexity index is 406. The van der Waals surface area contributed by atoms with Gasteiger partial charge in [-0.2, -0.15) is 0 Å². The number of aromatic nitrogens is 2. The smallest absolute Gasteiger partial charge is 0.139 e. The molecule has 0 aliphatic rings. The first kappa shape index (κ1) is 7.03. The van der Waals surface area contributed by atoms with Crippen LogP contribution in [0.15, 0.2) is 30.6 Å². The third-order valence-corrected chi connectivity index (χ3v) is 1.80. The molecular weight excluding hydrogens is 152 g/mol. The summed E-state index contributed by atoms with van der Waals surface area (Å²) in [6.07, 6.45) is 2.55. The van der Waals surface area contributed by atoms with E-state index < -0.39 is 0 Å². The van der Waals surface area contributed by atoms with E-state index in [1.54, 1.807) is 6.33 Å². The minimum absolute atomic E-state index is 0.376. The number of nitrogens with zero attached hydrogens (tertiary/aromatic N) is 2. The molecule has 0 bridgehead atoms. The molecule has 2 rings (SSSR count). The van der Waals surface area contributed by atoms with Gasteiger partial charge in [0.05, 0.1) is 23.9 Å². The third-order valence-electron chi connectivity index (χ3n) is 1.80. The highest BCUT2D eigenvalue weighted by molar-refractivity contribution is 5.75. The van der Waals surface area contributed by atoms with E-state index in [0.717, 1.165) is 17.3 Å². The molecule has 0 aliphatic heterocycles. The fraction of sp³-hybridized carbons (Fsp3) is 0.111. The van der Waals surface area contributed by atoms with Crippen molar-refractivity contribution in [3.8, 4) is 0 Å². The van der Waals surface area contributed by atoms with Crippen molar-refractivity contribution in [1.82, 2.24) is 9.55 Å². The molecule has 3 heteroatoms. The first-order chi connectivity index (χ1) is 5.92. The number of fused-ring (bicyclic) bond motifs is 1. The summed E-state index contributed by atoms with van der Waals surface area (Å²) in [5, 5.41) is 0. The van der Waals surface area contributed by atoms with Gasteiger partial charge in [-0.25, -0.2) is 4.98 Å². The van der Waals surface area contributed by atoms with E-state index in [1.165, 1.54) is 0 Å². The summed E-state index contributed by atoms with van der Waals surface area (Å²) < 4.78 is 1.82. The van der Waals surface area contributed by atoms with Crippen LogP contribution >= 0.6 is 0 Å². The second kappa shape index (κ2) is 2.77. The summed E-state index contributed by atoms with van der Waals surface area (Å²) in [4.78, 5) is 14.4. The third kappa shape index (κ3) is 0.993. The summed E-state index contributed by atoms with van der Waals surface area (Å²) in [6.45, 7) is 0.376. The van der Waals surface area contributed by atoms with E-state index in [9.17, 15) is 4.79 Å². The average Bonchev–Trinajstić information content (AvgIpc) is 2.50. The fourth-order valence-corrected chi connectivity index (χ4v) is 1.24. The molecule has 0 N–H and O–H groups in total. The van der Waals surface area contributed by atoms with Gasteiger partial charge in [-0.05, 0) is 12.1 Å². The van der Waals surface area contributed by atoms with Crippen LogP contribution in [0.4, 0.5) is 0 Å². The quantitative estimate of drug-likeness (QED) is 0.619. The van der Waals surface area contributed by atoms with Crippen LogP contribution in [0, 0.1) is 0 Å². The highest BCUT2D eigenvalue weighted by Gasteiger charge is 1.98. The van der Waals surface area contributed by atoms with Crippen molar-refractivity contribution < 1.29 is 4.79 Å². The van der Waals surface area contributed by atoms with Gasteiger partial charge >= 0.3 is 0 Å². The topological polar surface area (TPSA) is 34.9 Å². The van der Waals surface area contributed by atoms with Crippen LogP contribution < -0.4 is 0 Å². The van der Waals surface area contributed by atoms with E-state index in [1.807, 2.05) is 28.8 Å². The SMILES string of the molecule is O=CCn1cnc2ccccc21.